The van der Waals surface area contributed by atoms with E-state index in [1.165, 1.54) is 6.20 Å². The highest BCUT2D eigenvalue weighted by molar-refractivity contribution is 9.10. The number of hydrogen-bond donors (Lipinski definition) is 2. The van der Waals surface area contributed by atoms with Gasteiger partial charge in [0.05, 0.1) is 0 Å². The number of halogens is 1. The SMILES string of the molecule is Nc1nnc(NC(=O)c2ncccc2Br)s1. The zero-order valence-electron chi connectivity index (χ0n) is 7.85. The molecule has 0 fully saturated rings. The van der Waals surface area contributed by atoms with Gasteiger partial charge in [-0.15, -0.1) is 10.2 Å². The van der Waals surface area contributed by atoms with Crippen molar-refractivity contribution in [3.8, 4) is 0 Å². The summed E-state index contributed by atoms with van der Waals surface area (Å²) in [7, 11) is 0. The van der Waals surface area contributed by atoms with Crippen molar-refractivity contribution in [3.05, 3.63) is 28.5 Å². The van der Waals surface area contributed by atoms with Crippen LogP contribution in [0.4, 0.5) is 10.3 Å². The number of rotatable bonds is 2. The van der Waals surface area contributed by atoms with Crippen molar-refractivity contribution >= 4 is 43.4 Å². The van der Waals surface area contributed by atoms with Gasteiger partial charge < -0.3 is 5.73 Å². The normalized spacial score (nSPS) is 10.1. The molecule has 6 nitrogen and oxygen atoms in total. The van der Waals surface area contributed by atoms with Crippen LogP contribution in [0.25, 0.3) is 0 Å². The molecule has 0 aliphatic rings. The van der Waals surface area contributed by atoms with E-state index in [0.717, 1.165) is 11.3 Å². The number of nitrogens with one attached hydrogen (secondary N) is 1. The molecular weight excluding hydrogens is 294 g/mol. The molecule has 0 unspecified atom stereocenters. The van der Waals surface area contributed by atoms with Gasteiger partial charge in [-0.05, 0) is 28.1 Å². The lowest BCUT2D eigenvalue weighted by Gasteiger charge is -2.01. The molecule has 2 heterocycles. The van der Waals surface area contributed by atoms with Crippen LogP contribution < -0.4 is 11.1 Å². The summed E-state index contributed by atoms with van der Waals surface area (Å²) < 4.78 is 0.616. The number of nitrogens with two attached hydrogens (primary N) is 1. The Bertz CT molecular complexity index is 529. The first-order valence-electron chi connectivity index (χ1n) is 4.17. The molecule has 2 aromatic heterocycles. The van der Waals surface area contributed by atoms with Crippen LogP contribution in [-0.4, -0.2) is 21.1 Å². The molecule has 16 heavy (non-hydrogen) atoms. The lowest BCUT2D eigenvalue weighted by molar-refractivity contribution is 0.102. The Kier molecular flexibility index (Phi) is 3.11. The fourth-order valence-corrected chi connectivity index (χ4v) is 1.93. The van der Waals surface area contributed by atoms with E-state index < -0.39 is 0 Å². The lowest BCUT2D eigenvalue weighted by atomic mass is 10.3. The third kappa shape index (κ3) is 2.34. The largest absolute Gasteiger partial charge is 0.374 e. The quantitative estimate of drug-likeness (QED) is 0.877. The molecule has 0 bridgehead atoms. The molecule has 1 amide bonds. The number of amides is 1. The minimum absolute atomic E-state index is 0.288. The standard InChI is InChI=1S/C8H6BrN5OS/c9-4-2-1-3-11-5(4)6(15)12-8-14-13-7(10)16-8/h1-3H,(H2,10,13)(H,12,14,15). The molecule has 82 valence electrons. The van der Waals surface area contributed by atoms with Crippen LogP contribution in [0.3, 0.4) is 0 Å². The van der Waals surface area contributed by atoms with Crippen molar-refractivity contribution in [1.82, 2.24) is 15.2 Å². The number of carbonyl (C=O) groups excluding carboxylic acids is 1. The number of nitrogens with zero attached hydrogens (tertiary/aromatic N) is 3. The third-order valence-electron chi connectivity index (χ3n) is 1.63. The molecule has 0 saturated heterocycles. The summed E-state index contributed by atoms with van der Waals surface area (Å²) in [5.41, 5.74) is 5.68. The Morgan fingerprint density at radius 1 is 1.50 bits per heavy atom. The minimum atomic E-state index is -0.358. The summed E-state index contributed by atoms with van der Waals surface area (Å²) in [4.78, 5) is 15.7. The van der Waals surface area contributed by atoms with Crippen LogP contribution in [0.2, 0.25) is 0 Å². The van der Waals surface area contributed by atoms with E-state index in [4.69, 9.17) is 5.73 Å². The van der Waals surface area contributed by atoms with Gasteiger partial charge in [-0.1, -0.05) is 11.3 Å². The van der Waals surface area contributed by atoms with Crippen molar-refractivity contribution in [2.75, 3.05) is 11.1 Å². The summed E-state index contributed by atoms with van der Waals surface area (Å²) >= 11 is 4.33. The van der Waals surface area contributed by atoms with Gasteiger partial charge in [-0.3, -0.25) is 10.1 Å². The zero-order valence-corrected chi connectivity index (χ0v) is 10.2. The van der Waals surface area contributed by atoms with Crippen molar-refractivity contribution in [1.29, 1.82) is 0 Å². The van der Waals surface area contributed by atoms with Crippen LogP contribution in [0, 0.1) is 0 Å². The maximum absolute atomic E-state index is 11.7. The van der Waals surface area contributed by atoms with Crippen LogP contribution in [0.5, 0.6) is 0 Å². The van der Waals surface area contributed by atoms with Crippen LogP contribution in [0.15, 0.2) is 22.8 Å². The van der Waals surface area contributed by atoms with E-state index in [9.17, 15) is 4.79 Å². The van der Waals surface area contributed by atoms with E-state index in [-0.39, 0.29) is 11.6 Å². The Balaban J connectivity index is 2.18. The topological polar surface area (TPSA) is 93.8 Å². The number of carbonyl (C=O) groups is 1. The molecule has 0 spiro atoms. The van der Waals surface area contributed by atoms with E-state index in [1.807, 2.05) is 0 Å². The van der Waals surface area contributed by atoms with Gasteiger partial charge in [0, 0.05) is 10.7 Å². The van der Waals surface area contributed by atoms with Crippen molar-refractivity contribution in [3.63, 3.8) is 0 Å². The molecule has 0 saturated carbocycles. The number of hydrogen-bond acceptors (Lipinski definition) is 6. The Morgan fingerprint density at radius 3 is 2.94 bits per heavy atom. The van der Waals surface area contributed by atoms with E-state index in [2.05, 4.69) is 36.4 Å². The van der Waals surface area contributed by atoms with E-state index in [1.54, 1.807) is 12.1 Å². The third-order valence-corrected chi connectivity index (χ3v) is 2.94. The first kappa shape index (κ1) is 11.0. The molecule has 0 atom stereocenters. The van der Waals surface area contributed by atoms with Crippen molar-refractivity contribution in [2.45, 2.75) is 0 Å². The molecule has 0 aliphatic carbocycles. The smallest absolute Gasteiger partial charge is 0.277 e. The van der Waals surface area contributed by atoms with E-state index >= 15 is 0 Å². The summed E-state index contributed by atoms with van der Waals surface area (Å²) in [5.74, 6) is -0.358. The predicted molar refractivity (Wildman–Crippen MR) is 64.2 cm³/mol. The fourth-order valence-electron chi connectivity index (χ4n) is 0.994. The summed E-state index contributed by atoms with van der Waals surface area (Å²) in [6.45, 7) is 0. The monoisotopic (exact) mass is 299 g/mol. The lowest BCUT2D eigenvalue weighted by Crippen LogP contribution is -2.14. The average Bonchev–Trinajstić information content (AvgIpc) is 2.64. The van der Waals surface area contributed by atoms with Crippen LogP contribution >= 0.6 is 27.3 Å². The van der Waals surface area contributed by atoms with Gasteiger partial charge in [0.25, 0.3) is 5.91 Å². The van der Waals surface area contributed by atoms with Gasteiger partial charge in [-0.2, -0.15) is 0 Å². The molecule has 0 radical (unpaired) electrons. The second-order valence-corrected chi connectivity index (χ2v) is 4.60. The van der Waals surface area contributed by atoms with Gasteiger partial charge in [-0.25, -0.2) is 4.98 Å². The minimum Gasteiger partial charge on any atom is -0.374 e. The van der Waals surface area contributed by atoms with Crippen LogP contribution in [-0.2, 0) is 0 Å². The fraction of sp³-hybridized carbons (Fsp3) is 0. The highest BCUT2D eigenvalue weighted by Crippen LogP contribution is 2.19. The van der Waals surface area contributed by atoms with Gasteiger partial charge in [0.15, 0.2) is 0 Å². The highest BCUT2D eigenvalue weighted by atomic mass is 79.9. The molecule has 2 rings (SSSR count). The first-order chi connectivity index (χ1) is 7.66. The number of aromatic nitrogens is 3. The highest BCUT2D eigenvalue weighted by Gasteiger charge is 2.13. The molecule has 2 aromatic rings. The second-order valence-electron chi connectivity index (χ2n) is 2.73. The average molecular weight is 300 g/mol. The molecular formula is C8H6BrN5OS. The maximum Gasteiger partial charge on any atom is 0.277 e. The van der Waals surface area contributed by atoms with Gasteiger partial charge >= 0.3 is 0 Å². The molecule has 3 N–H and O–H groups in total. The van der Waals surface area contributed by atoms with Crippen LogP contribution in [0.1, 0.15) is 10.5 Å². The zero-order chi connectivity index (χ0) is 11.5. The number of nitrogen functional groups attached to an aromatic ring is 1. The summed E-state index contributed by atoms with van der Waals surface area (Å²) in [6, 6.07) is 3.46. The van der Waals surface area contributed by atoms with E-state index in [0.29, 0.717) is 14.7 Å². The van der Waals surface area contributed by atoms with Crippen molar-refractivity contribution < 1.29 is 4.79 Å². The molecule has 8 heteroatoms. The molecule has 0 aliphatic heterocycles. The van der Waals surface area contributed by atoms with Gasteiger partial charge in [0.2, 0.25) is 10.3 Å². The number of anilines is 2. The predicted octanol–water partition coefficient (Wildman–Crippen LogP) is 1.53. The Morgan fingerprint density at radius 2 is 2.31 bits per heavy atom. The molecule has 0 aromatic carbocycles. The number of pyridine rings is 1. The summed E-state index contributed by atoms with van der Waals surface area (Å²) in [5, 5.41) is 10.5. The first-order valence-corrected chi connectivity index (χ1v) is 5.78. The summed E-state index contributed by atoms with van der Waals surface area (Å²) in [6.07, 6.45) is 1.54. The maximum atomic E-state index is 11.7. The van der Waals surface area contributed by atoms with Crippen molar-refractivity contribution in [2.24, 2.45) is 0 Å². The second kappa shape index (κ2) is 4.54. The van der Waals surface area contributed by atoms with Gasteiger partial charge in [0.1, 0.15) is 5.69 Å². The Labute approximate surface area is 103 Å². The Hall–Kier alpha value is -1.54.